The number of nitrogens with one attached hydrogen (secondary N) is 2. The number of anilines is 1. The van der Waals surface area contributed by atoms with E-state index in [4.69, 9.17) is 23.2 Å². The van der Waals surface area contributed by atoms with Crippen molar-refractivity contribution < 1.29 is 9.18 Å². The summed E-state index contributed by atoms with van der Waals surface area (Å²) < 4.78 is 13.4. The molecule has 2 rings (SSSR count). The van der Waals surface area contributed by atoms with Gasteiger partial charge in [-0.05, 0) is 6.07 Å². The number of aromatic nitrogens is 3. The topological polar surface area (TPSA) is 79.8 Å². The molecule has 20 heavy (non-hydrogen) atoms. The second-order valence-corrected chi connectivity index (χ2v) is 4.62. The van der Waals surface area contributed by atoms with Crippen LogP contribution in [0.5, 0.6) is 0 Å². The third-order valence-corrected chi connectivity index (χ3v) is 2.88. The first kappa shape index (κ1) is 14.5. The van der Waals surface area contributed by atoms with Crippen LogP contribution < -0.4 is 10.9 Å². The van der Waals surface area contributed by atoms with Gasteiger partial charge in [0.1, 0.15) is 17.4 Å². The van der Waals surface area contributed by atoms with Gasteiger partial charge in [0.15, 0.2) is 5.15 Å². The van der Waals surface area contributed by atoms with Gasteiger partial charge in [-0.2, -0.15) is 5.10 Å². The van der Waals surface area contributed by atoms with Crippen LogP contribution in [0.2, 0.25) is 10.2 Å². The zero-order valence-electron chi connectivity index (χ0n) is 9.99. The molecule has 106 valence electrons. The second kappa shape index (κ2) is 6.06. The summed E-state index contributed by atoms with van der Waals surface area (Å²) in [5.74, 6) is -0.508. The lowest BCUT2D eigenvalue weighted by Crippen LogP contribution is -2.22. The van der Waals surface area contributed by atoms with Crippen molar-refractivity contribution in [3.8, 4) is 0 Å². The van der Waals surface area contributed by atoms with Gasteiger partial charge < -0.3 is 9.88 Å². The zero-order chi connectivity index (χ0) is 14.7. The van der Waals surface area contributed by atoms with Gasteiger partial charge in [-0.1, -0.05) is 23.2 Å². The Morgan fingerprint density at radius 3 is 2.80 bits per heavy atom. The Bertz CT molecular complexity index is 698. The fraction of sp³-hybridized carbons (Fsp3) is 0.182. The molecule has 9 heteroatoms. The maximum atomic E-state index is 12.3. The van der Waals surface area contributed by atoms with E-state index in [1.54, 1.807) is 0 Å². The summed E-state index contributed by atoms with van der Waals surface area (Å²) in [6.45, 7) is -0.859. The van der Waals surface area contributed by atoms with Crippen molar-refractivity contribution in [2.75, 3.05) is 12.0 Å². The number of pyridine rings is 1. The first-order valence-electron chi connectivity index (χ1n) is 5.49. The molecule has 2 heterocycles. The lowest BCUT2D eigenvalue weighted by atomic mass is 10.3. The van der Waals surface area contributed by atoms with Crippen molar-refractivity contribution in [2.45, 2.75) is 6.54 Å². The maximum absolute atomic E-state index is 12.3. The molecule has 0 atom stereocenters. The number of aryl methyl sites for hydroxylation is 1. The van der Waals surface area contributed by atoms with Crippen LogP contribution in [-0.4, -0.2) is 27.3 Å². The fourth-order valence-electron chi connectivity index (χ4n) is 1.54. The second-order valence-electron chi connectivity index (χ2n) is 3.82. The molecule has 0 fully saturated rings. The number of rotatable bonds is 4. The van der Waals surface area contributed by atoms with Crippen molar-refractivity contribution >= 4 is 34.8 Å². The van der Waals surface area contributed by atoms with Gasteiger partial charge in [0.2, 0.25) is 0 Å². The van der Waals surface area contributed by atoms with Crippen LogP contribution >= 0.6 is 23.2 Å². The van der Waals surface area contributed by atoms with E-state index in [-0.39, 0.29) is 28.1 Å². The molecule has 0 bridgehead atoms. The highest BCUT2D eigenvalue weighted by atomic mass is 35.5. The van der Waals surface area contributed by atoms with E-state index in [1.165, 1.54) is 18.3 Å². The average Bonchev–Trinajstić information content (AvgIpc) is 2.82. The molecule has 1 amide bonds. The van der Waals surface area contributed by atoms with Gasteiger partial charge in [-0.3, -0.25) is 14.7 Å². The molecule has 0 saturated carbocycles. The Hall–Kier alpha value is -1.86. The fourth-order valence-corrected chi connectivity index (χ4v) is 1.91. The summed E-state index contributed by atoms with van der Waals surface area (Å²) in [4.78, 5) is 23.4. The van der Waals surface area contributed by atoms with Gasteiger partial charge >= 0.3 is 0 Å². The highest BCUT2D eigenvalue weighted by Crippen LogP contribution is 2.13. The predicted octanol–water partition coefficient (Wildman–Crippen LogP) is 2.10. The number of alkyl halides is 1. The standard InChI is InChI=1S/C11H9Cl2FN4O2/c12-7-3-6(5-18(2-1-14)11(7)20)15-10(19)8-4-9(13)17-16-8/h3-5H,1-2H2,(H,15,19)(H,16,17). The van der Waals surface area contributed by atoms with Crippen molar-refractivity contribution in [1.82, 2.24) is 14.8 Å². The summed E-state index contributed by atoms with van der Waals surface area (Å²) in [7, 11) is 0. The van der Waals surface area contributed by atoms with Crippen LogP contribution in [0.25, 0.3) is 0 Å². The Morgan fingerprint density at radius 2 is 2.20 bits per heavy atom. The number of nitrogens with zero attached hydrogens (tertiary/aromatic N) is 2. The molecule has 0 aliphatic carbocycles. The number of amides is 1. The van der Waals surface area contributed by atoms with Crippen LogP contribution in [0, 0.1) is 0 Å². The van der Waals surface area contributed by atoms with Crippen molar-refractivity contribution in [3.05, 3.63) is 44.6 Å². The summed E-state index contributed by atoms with van der Waals surface area (Å²) in [6.07, 6.45) is 1.31. The van der Waals surface area contributed by atoms with E-state index in [0.717, 1.165) is 4.57 Å². The molecule has 0 unspecified atom stereocenters. The number of aromatic amines is 1. The molecule has 0 aliphatic rings. The monoisotopic (exact) mass is 318 g/mol. The van der Waals surface area contributed by atoms with E-state index in [0.29, 0.717) is 0 Å². The van der Waals surface area contributed by atoms with E-state index in [9.17, 15) is 14.0 Å². The number of hydrogen-bond donors (Lipinski definition) is 2. The largest absolute Gasteiger partial charge is 0.319 e. The normalized spacial score (nSPS) is 10.6. The minimum absolute atomic E-state index is 0.112. The van der Waals surface area contributed by atoms with E-state index < -0.39 is 18.1 Å². The Morgan fingerprint density at radius 1 is 1.45 bits per heavy atom. The van der Waals surface area contributed by atoms with E-state index >= 15 is 0 Å². The number of hydrogen-bond acceptors (Lipinski definition) is 3. The van der Waals surface area contributed by atoms with E-state index in [2.05, 4.69) is 15.5 Å². The number of H-pyrrole nitrogens is 1. The van der Waals surface area contributed by atoms with Gasteiger partial charge in [0.25, 0.3) is 11.5 Å². The number of halogens is 3. The van der Waals surface area contributed by atoms with Crippen LogP contribution in [0.15, 0.2) is 23.1 Å². The van der Waals surface area contributed by atoms with Gasteiger partial charge in [0, 0.05) is 12.3 Å². The summed E-state index contributed by atoms with van der Waals surface area (Å²) in [5, 5.41) is 8.58. The summed E-state index contributed by atoms with van der Waals surface area (Å²) >= 11 is 11.3. The number of carbonyl (C=O) groups excluding carboxylic acids is 1. The number of carbonyl (C=O) groups is 1. The third kappa shape index (κ3) is 3.17. The summed E-state index contributed by atoms with van der Waals surface area (Å²) in [6, 6.07) is 2.63. The molecule has 2 aromatic heterocycles. The third-order valence-electron chi connectivity index (χ3n) is 2.42. The molecule has 0 spiro atoms. The SMILES string of the molecule is O=C(Nc1cc(Cl)c(=O)n(CCF)c1)c1cc(Cl)n[nH]1. The molecule has 6 nitrogen and oxygen atoms in total. The van der Waals surface area contributed by atoms with Crippen LogP contribution in [0.4, 0.5) is 10.1 Å². The van der Waals surface area contributed by atoms with Gasteiger partial charge in [-0.15, -0.1) is 0 Å². The Labute approximate surface area is 122 Å². The zero-order valence-corrected chi connectivity index (χ0v) is 11.5. The Balaban J connectivity index is 2.25. The average molecular weight is 319 g/mol. The minimum atomic E-state index is -0.718. The molecular weight excluding hydrogens is 310 g/mol. The smallest absolute Gasteiger partial charge is 0.273 e. The molecule has 0 saturated heterocycles. The molecular formula is C11H9Cl2FN4O2. The van der Waals surface area contributed by atoms with Crippen molar-refractivity contribution in [2.24, 2.45) is 0 Å². The van der Waals surface area contributed by atoms with Crippen LogP contribution in [0.3, 0.4) is 0 Å². The molecule has 0 aliphatic heterocycles. The van der Waals surface area contributed by atoms with Crippen LogP contribution in [0.1, 0.15) is 10.5 Å². The molecule has 2 aromatic rings. The Kier molecular flexibility index (Phi) is 4.41. The minimum Gasteiger partial charge on any atom is -0.319 e. The van der Waals surface area contributed by atoms with Crippen molar-refractivity contribution in [1.29, 1.82) is 0 Å². The highest BCUT2D eigenvalue weighted by Gasteiger charge is 2.11. The van der Waals surface area contributed by atoms with Gasteiger partial charge in [0.05, 0.1) is 12.2 Å². The first-order chi connectivity index (χ1) is 9.51. The van der Waals surface area contributed by atoms with E-state index in [1.807, 2.05) is 0 Å². The molecule has 0 radical (unpaired) electrons. The lowest BCUT2D eigenvalue weighted by molar-refractivity contribution is 0.102. The van der Waals surface area contributed by atoms with Gasteiger partial charge in [-0.25, -0.2) is 4.39 Å². The maximum Gasteiger partial charge on any atom is 0.273 e. The lowest BCUT2D eigenvalue weighted by Gasteiger charge is -2.08. The predicted molar refractivity (Wildman–Crippen MR) is 73.2 cm³/mol. The quantitative estimate of drug-likeness (QED) is 0.906. The van der Waals surface area contributed by atoms with Crippen LogP contribution in [-0.2, 0) is 6.54 Å². The van der Waals surface area contributed by atoms with Crippen molar-refractivity contribution in [3.63, 3.8) is 0 Å². The summed E-state index contributed by atoms with van der Waals surface area (Å²) in [5.41, 5.74) is -0.111. The first-order valence-corrected chi connectivity index (χ1v) is 6.25. The molecule has 0 aromatic carbocycles. The molecule has 2 N–H and O–H groups in total. The highest BCUT2D eigenvalue weighted by molar-refractivity contribution is 6.31.